The topological polar surface area (TPSA) is 81.7 Å². The van der Waals surface area contributed by atoms with Crippen molar-refractivity contribution in [2.24, 2.45) is 11.8 Å². The normalized spacial score (nSPS) is 22.1. The van der Waals surface area contributed by atoms with Crippen molar-refractivity contribution < 1.29 is 23.9 Å². The third kappa shape index (κ3) is 5.13. The number of hydrogen-bond donors (Lipinski definition) is 1. The van der Waals surface area contributed by atoms with Crippen molar-refractivity contribution >= 4 is 17.7 Å². The van der Waals surface area contributed by atoms with Crippen molar-refractivity contribution in [2.75, 3.05) is 7.05 Å². The molecule has 0 amide bonds. The molecule has 3 rings (SSSR count). The van der Waals surface area contributed by atoms with E-state index in [0.29, 0.717) is 12.0 Å². The number of ketones is 1. The molecule has 0 aliphatic heterocycles. The van der Waals surface area contributed by atoms with Gasteiger partial charge in [-0.25, -0.2) is 0 Å². The first kappa shape index (κ1) is 22.9. The second-order valence-electron chi connectivity index (χ2n) is 9.11. The first-order valence-corrected chi connectivity index (χ1v) is 10.7. The molecule has 166 valence electrons. The van der Waals surface area contributed by atoms with Gasteiger partial charge in [-0.2, -0.15) is 0 Å². The van der Waals surface area contributed by atoms with Gasteiger partial charge < -0.3 is 14.8 Å². The quantitative estimate of drug-likeness (QED) is 0.531. The zero-order valence-electron chi connectivity index (χ0n) is 18.8. The second-order valence-corrected chi connectivity index (χ2v) is 9.11. The van der Waals surface area contributed by atoms with Crippen LogP contribution in [0, 0.1) is 11.8 Å². The summed E-state index contributed by atoms with van der Waals surface area (Å²) < 4.78 is 11.1. The van der Waals surface area contributed by atoms with E-state index in [0.717, 1.165) is 17.6 Å². The molecular formula is C25H31NO5. The van der Waals surface area contributed by atoms with E-state index in [2.05, 4.69) is 5.32 Å². The molecule has 0 radical (unpaired) electrons. The van der Waals surface area contributed by atoms with Crippen LogP contribution in [0.4, 0.5) is 0 Å². The maximum Gasteiger partial charge on any atom is 0.327 e. The van der Waals surface area contributed by atoms with Crippen LogP contribution in [0.2, 0.25) is 0 Å². The molecule has 2 unspecified atom stereocenters. The van der Waals surface area contributed by atoms with Gasteiger partial charge in [0.15, 0.2) is 5.78 Å². The number of fused-ring (bicyclic) bond motifs is 1. The van der Waals surface area contributed by atoms with Crippen molar-refractivity contribution in [3.8, 4) is 0 Å². The zero-order chi connectivity index (χ0) is 22.8. The number of nitrogens with one attached hydrogen (secondary N) is 1. The number of benzene rings is 1. The van der Waals surface area contributed by atoms with Gasteiger partial charge in [-0.15, -0.1) is 0 Å². The van der Waals surface area contributed by atoms with Crippen LogP contribution in [0.25, 0.3) is 0 Å². The average Bonchev–Trinajstić information content (AvgIpc) is 3.29. The van der Waals surface area contributed by atoms with Gasteiger partial charge >= 0.3 is 11.9 Å². The summed E-state index contributed by atoms with van der Waals surface area (Å²) in [6.45, 7) is 7.06. The third-order valence-corrected chi connectivity index (χ3v) is 5.71. The maximum absolute atomic E-state index is 12.9. The maximum atomic E-state index is 12.9. The Morgan fingerprint density at radius 3 is 2.35 bits per heavy atom. The molecule has 0 saturated heterocycles. The molecule has 1 fully saturated rings. The summed E-state index contributed by atoms with van der Waals surface area (Å²) in [5.41, 5.74) is 1.68. The largest absolute Gasteiger partial charge is 0.460 e. The SMILES string of the molecule is CN[C@H](C(=O)OC(C)(C)C)[C@@H](C)OC(=O)C1CCC2C(C(=O)c3ccccc3)=CC=C12. The third-order valence-electron chi connectivity index (χ3n) is 5.71. The van der Waals surface area contributed by atoms with E-state index < -0.39 is 29.6 Å². The standard InChI is InChI=1S/C25H31NO5/c1-15(21(26-5)24(29)31-25(2,3)4)30-23(28)20-14-12-17-18(20)11-13-19(17)22(27)16-9-7-6-8-10-16/h6-11,13,15,17,20-21,26H,12,14H2,1-5H3/t15-,17?,20?,21+/m1/s1. The van der Waals surface area contributed by atoms with Crippen LogP contribution < -0.4 is 5.32 Å². The van der Waals surface area contributed by atoms with Crippen LogP contribution in [0.15, 0.2) is 53.6 Å². The minimum absolute atomic E-state index is 0.000548. The molecule has 0 spiro atoms. The molecule has 0 bridgehead atoms. The smallest absolute Gasteiger partial charge is 0.327 e. The first-order chi connectivity index (χ1) is 14.6. The summed E-state index contributed by atoms with van der Waals surface area (Å²) in [6.07, 6.45) is 4.37. The highest BCUT2D eigenvalue weighted by molar-refractivity contribution is 6.10. The number of likely N-dealkylation sites (N-methyl/N-ethyl adjacent to an activating group) is 1. The van der Waals surface area contributed by atoms with Crippen LogP contribution in [-0.4, -0.2) is 42.5 Å². The summed E-state index contributed by atoms with van der Waals surface area (Å²) in [5, 5.41) is 2.89. The Morgan fingerprint density at radius 1 is 1.06 bits per heavy atom. The van der Waals surface area contributed by atoms with Gasteiger partial charge in [0.25, 0.3) is 0 Å². The second kappa shape index (κ2) is 9.18. The Balaban J connectivity index is 1.63. The summed E-state index contributed by atoms with van der Waals surface area (Å²) in [5.74, 6) is -1.28. The van der Waals surface area contributed by atoms with E-state index in [1.807, 2.05) is 30.4 Å². The van der Waals surface area contributed by atoms with Gasteiger partial charge in [0.1, 0.15) is 17.7 Å². The Labute approximate surface area is 183 Å². The molecule has 2 aliphatic rings. The Kier molecular flexibility index (Phi) is 6.80. The lowest BCUT2D eigenvalue weighted by Crippen LogP contribution is -2.48. The molecule has 6 nitrogen and oxygen atoms in total. The molecular weight excluding hydrogens is 394 g/mol. The lowest BCUT2D eigenvalue weighted by molar-refractivity contribution is -0.165. The molecule has 1 aromatic rings. The molecule has 31 heavy (non-hydrogen) atoms. The van der Waals surface area contributed by atoms with Gasteiger partial charge in [0.2, 0.25) is 0 Å². The van der Waals surface area contributed by atoms with Crippen molar-refractivity contribution in [1.82, 2.24) is 5.32 Å². The van der Waals surface area contributed by atoms with Crippen molar-refractivity contribution in [1.29, 1.82) is 0 Å². The van der Waals surface area contributed by atoms with Crippen molar-refractivity contribution in [2.45, 2.75) is 58.3 Å². The van der Waals surface area contributed by atoms with Crippen LogP contribution in [-0.2, 0) is 19.1 Å². The fraction of sp³-hybridized carbons (Fsp3) is 0.480. The molecule has 1 N–H and O–H groups in total. The Bertz CT molecular complexity index is 910. The highest BCUT2D eigenvalue weighted by atomic mass is 16.6. The van der Waals surface area contributed by atoms with E-state index in [1.54, 1.807) is 46.9 Å². The van der Waals surface area contributed by atoms with E-state index in [9.17, 15) is 14.4 Å². The molecule has 0 aromatic heterocycles. The number of esters is 2. The van der Waals surface area contributed by atoms with Crippen LogP contribution in [0.1, 0.15) is 50.9 Å². The van der Waals surface area contributed by atoms with Crippen LogP contribution >= 0.6 is 0 Å². The Hall–Kier alpha value is -2.73. The highest BCUT2D eigenvalue weighted by Gasteiger charge is 2.42. The number of hydrogen-bond acceptors (Lipinski definition) is 6. The van der Waals surface area contributed by atoms with E-state index in [4.69, 9.17) is 9.47 Å². The number of allylic oxidation sites excluding steroid dienone is 3. The Morgan fingerprint density at radius 2 is 1.74 bits per heavy atom. The summed E-state index contributed by atoms with van der Waals surface area (Å²) in [7, 11) is 1.63. The van der Waals surface area contributed by atoms with Gasteiger partial charge in [0.05, 0.1) is 5.92 Å². The predicted octanol–water partition coefficient (Wildman–Crippen LogP) is 3.62. The van der Waals surface area contributed by atoms with Crippen molar-refractivity contribution in [3.05, 3.63) is 59.2 Å². The monoisotopic (exact) mass is 425 g/mol. The fourth-order valence-corrected chi connectivity index (χ4v) is 4.27. The highest BCUT2D eigenvalue weighted by Crippen LogP contribution is 2.45. The number of ether oxygens (including phenoxy) is 2. The summed E-state index contributed by atoms with van der Waals surface area (Å²) in [4.78, 5) is 38.2. The summed E-state index contributed by atoms with van der Waals surface area (Å²) >= 11 is 0. The van der Waals surface area contributed by atoms with Crippen molar-refractivity contribution in [3.63, 3.8) is 0 Å². The predicted molar refractivity (Wildman–Crippen MR) is 117 cm³/mol. The number of Topliss-reactive ketones (excluding diaryl/α,β-unsaturated/α-hetero) is 1. The van der Waals surface area contributed by atoms with Gasteiger partial charge in [0, 0.05) is 17.1 Å². The first-order valence-electron chi connectivity index (χ1n) is 10.7. The van der Waals surface area contributed by atoms with E-state index in [1.165, 1.54) is 0 Å². The zero-order valence-corrected chi connectivity index (χ0v) is 18.8. The average molecular weight is 426 g/mol. The number of carbonyl (C=O) groups excluding carboxylic acids is 3. The molecule has 0 heterocycles. The minimum Gasteiger partial charge on any atom is -0.460 e. The minimum atomic E-state index is -0.758. The van der Waals surface area contributed by atoms with Crippen LogP contribution in [0.5, 0.6) is 0 Å². The van der Waals surface area contributed by atoms with Gasteiger partial charge in [-0.05, 0) is 53.2 Å². The molecule has 1 saturated carbocycles. The molecule has 2 aliphatic carbocycles. The molecule has 1 aromatic carbocycles. The molecule has 4 atom stereocenters. The molecule has 6 heteroatoms. The van der Waals surface area contributed by atoms with Gasteiger partial charge in [-0.3, -0.25) is 14.4 Å². The van der Waals surface area contributed by atoms with Crippen LogP contribution in [0.3, 0.4) is 0 Å². The van der Waals surface area contributed by atoms with Gasteiger partial charge in [-0.1, -0.05) is 42.5 Å². The lowest BCUT2D eigenvalue weighted by Gasteiger charge is -2.27. The van der Waals surface area contributed by atoms with E-state index >= 15 is 0 Å². The summed E-state index contributed by atoms with van der Waals surface area (Å²) in [6, 6.07) is 8.41. The fourth-order valence-electron chi connectivity index (χ4n) is 4.27. The lowest BCUT2D eigenvalue weighted by atomic mass is 9.90. The number of carbonyl (C=O) groups is 3. The number of rotatable bonds is 7. The van der Waals surface area contributed by atoms with E-state index in [-0.39, 0.29) is 17.7 Å².